The highest BCUT2D eigenvalue weighted by Crippen LogP contribution is 2.28. The van der Waals surface area contributed by atoms with Gasteiger partial charge >= 0.3 is 0 Å². The van der Waals surface area contributed by atoms with Crippen molar-refractivity contribution in [2.24, 2.45) is 0 Å². The molecule has 0 aliphatic heterocycles. The summed E-state index contributed by atoms with van der Waals surface area (Å²) < 4.78 is 31.9. The molecular formula is C18H19ClN2O3S. The van der Waals surface area contributed by atoms with Gasteiger partial charge in [-0.15, -0.1) is 0 Å². The second-order valence-corrected chi connectivity index (χ2v) is 8.18. The van der Waals surface area contributed by atoms with Crippen molar-refractivity contribution >= 4 is 32.5 Å². The Morgan fingerprint density at radius 2 is 1.96 bits per heavy atom. The van der Waals surface area contributed by atoms with Crippen molar-refractivity contribution in [3.63, 3.8) is 0 Å². The minimum atomic E-state index is -3.61. The first-order valence-electron chi connectivity index (χ1n) is 7.78. The van der Waals surface area contributed by atoms with E-state index >= 15 is 0 Å². The van der Waals surface area contributed by atoms with Gasteiger partial charge in [-0.25, -0.2) is 12.7 Å². The van der Waals surface area contributed by atoms with Crippen molar-refractivity contribution < 1.29 is 13.2 Å². The van der Waals surface area contributed by atoms with Crippen molar-refractivity contribution in [2.45, 2.75) is 11.3 Å². The van der Waals surface area contributed by atoms with Crippen LogP contribution in [0.15, 0.2) is 53.6 Å². The zero-order chi connectivity index (χ0) is 18.0. The van der Waals surface area contributed by atoms with Gasteiger partial charge in [-0.1, -0.05) is 29.8 Å². The van der Waals surface area contributed by atoms with Gasteiger partial charge in [0.2, 0.25) is 10.0 Å². The van der Waals surface area contributed by atoms with Crippen LogP contribution in [-0.2, 0) is 16.4 Å². The second-order valence-electron chi connectivity index (χ2n) is 5.73. The molecule has 1 heterocycles. The molecule has 132 valence electrons. The highest BCUT2D eigenvalue weighted by molar-refractivity contribution is 7.89. The lowest BCUT2D eigenvalue weighted by Crippen LogP contribution is -2.29. The van der Waals surface area contributed by atoms with E-state index in [2.05, 4.69) is 4.98 Å². The lowest BCUT2D eigenvalue weighted by molar-refractivity contribution is 0.414. The van der Waals surface area contributed by atoms with E-state index in [1.54, 1.807) is 13.1 Å². The van der Waals surface area contributed by atoms with Gasteiger partial charge in [0.1, 0.15) is 5.75 Å². The number of nitrogens with one attached hydrogen (secondary N) is 1. The minimum absolute atomic E-state index is 0.153. The number of nitrogens with zero attached hydrogens (tertiary/aromatic N) is 1. The molecule has 5 nitrogen and oxygen atoms in total. The second kappa shape index (κ2) is 7.07. The van der Waals surface area contributed by atoms with E-state index in [0.29, 0.717) is 18.7 Å². The number of aromatic nitrogens is 1. The largest absolute Gasteiger partial charge is 0.495 e. The van der Waals surface area contributed by atoms with Crippen LogP contribution in [0.2, 0.25) is 5.02 Å². The van der Waals surface area contributed by atoms with E-state index in [1.807, 2.05) is 30.5 Å². The Morgan fingerprint density at radius 3 is 2.68 bits per heavy atom. The minimum Gasteiger partial charge on any atom is -0.495 e. The fourth-order valence-electron chi connectivity index (χ4n) is 2.72. The van der Waals surface area contributed by atoms with Gasteiger partial charge in [0.15, 0.2) is 0 Å². The van der Waals surface area contributed by atoms with E-state index in [0.717, 1.165) is 16.5 Å². The quantitative estimate of drug-likeness (QED) is 0.711. The Balaban J connectivity index is 1.77. The molecule has 0 radical (unpaired) electrons. The average Bonchev–Trinajstić information content (AvgIpc) is 3.02. The number of methoxy groups -OCH3 is 1. The fourth-order valence-corrected chi connectivity index (χ4v) is 4.24. The molecule has 0 amide bonds. The smallest absolute Gasteiger partial charge is 0.242 e. The standard InChI is InChI=1S/C18H19ClN2O3S/c1-21(10-9-13-12-20-17-6-4-3-5-15(13)17)25(22,23)14-7-8-18(24-2)16(19)11-14/h3-8,11-12,20H,9-10H2,1-2H3. The van der Waals surface area contributed by atoms with Crippen molar-refractivity contribution in [3.8, 4) is 5.75 Å². The van der Waals surface area contributed by atoms with Crippen LogP contribution in [0.3, 0.4) is 0 Å². The topological polar surface area (TPSA) is 62.4 Å². The number of benzene rings is 2. The summed E-state index contributed by atoms with van der Waals surface area (Å²) in [5.41, 5.74) is 2.13. The van der Waals surface area contributed by atoms with Gasteiger partial charge in [-0.2, -0.15) is 0 Å². The number of fused-ring (bicyclic) bond motifs is 1. The molecule has 0 aliphatic carbocycles. The number of rotatable bonds is 6. The van der Waals surface area contributed by atoms with Gasteiger partial charge in [-0.3, -0.25) is 0 Å². The molecule has 2 aromatic carbocycles. The van der Waals surface area contributed by atoms with E-state index in [1.165, 1.54) is 23.5 Å². The van der Waals surface area contributed by atoms with Crippen molar-refractivity contribution in [1.29, 1.82) is 0 Å². The summed E-state index contributed by atoms with van der Waals surface area (Å²) in [6.45, 7) is 0.369. The third-order valence-corrected chi connectivity index (χ3v) is 6.35. The lowest BCUT2D eigenvalue weighted by Gasteiger charge is -2.17. The molecule has 7 heteroatoms. The van der Waals surface area contributed by atoms with Gasteiger partial charge < -0.3 is 9.72 Å². The maximum atomic E-state index is 12.7. The number of ether oxygens (including phenoxy) is 1. The summed E-state index contributed by atoms with van der Waals surface area (Å²) in [7, 11) is -0.549. The van der Waals surface area contributed by atoms with Crippen molar-refractivity contribution in [1.82, 2.24) is 9.29 Å². The monoisotopic (exact) mass is 378 g/mol. The third-order valence-electron chi connectivity index (χ3n) is 4.20. The molecule has 0 atom stereocenters. The molecule has 1 aromatic heterocycles. The maximum absolute atomic E-state index is 12.7. The fraction of sp³-hybridized carbons (Fsp3) is 0.222. The van der Waals surface area contributed by atoms with Crippen LogP contribution < -0.4 is 4.74 Å². The molecule has 1 N–H and O–H groups in total. The van der Waals surface area contributed by atoms with Crippen LogP contribution in [-0.4, -0.2) is 38.4 Å². The Morgan fingerprint density at radius 1 is 1.20 bits per heavy atom. The number of hydrogen-bond donors (Lipinski definition) is 1. The maximum Gasteiger partial charge on any atom is 0.242 e. The van der Waals surface area contributed by atoms with E-state index in [9.17, 15) is 8.42 Å². The molecule has 0 saturated heterocycles. The predicted molar refractivity (Wildman–Crippen MR) is 99.8 cm³/mol. The van der Waals surface area contributed by atoms with Crippen molar-refractivity contribution in [3.05, 3.63) is 59.2 Å². The average molecular weight is 379 g/mol. The Bertz CT molecular complexity index is 998. The van der Waals surface area contributed by atoms with Gasteiger partial charge in [0.25, 0.3) is 0 Å². The first-order chi connectivity index (χ1) is 11.9. The SMILES string of the molecule is COc1ccc(S(=O)(=O)N(C)CCc2c[nH]c3ccccc23)cc1Cl. The number of sulfonamides is 1. The molecule has 0 aliphatic rings. The van der Waals surface area contributed by atoms with E-state index in [4.69, 9.17) is 16.3 Å². The molecule has 25 heavy (non-hydrogen) atoms. The normalized spacial score (nSPS) is 12.0. The van der Waals surface area contributed by atoms with Crippen molar-refractivity contribution in [2.75, 3.05) is 20.7 Å². The zero-order valence-corrected chi connectivity index (χ0v) is 15.6. The van der Waals surface area contributed by atoms with Crippen LogP contribution in [0.25, 0.3) is 10.9 Å². The van der Waals surface area contributed by atoms with E-state index < -0.39 is 10.0 Å². The molecule has 0 unspecified atom stereocenters. The predicted octanol–water partition coefficient (Wildman–Crippen LogP) is 3.69. The summed E-state index contributed by atoms with van der Waals surface area (Å²) in [6, 6.07) is 12.4. The Hall–Kier alpha value is -2.02. The number of H-pyrrole nitrogens is 1. The summed E-state index contributed by atoms with van der Waals surface area (Å²) >= 11 is 6.05. The van der Waals surface area contributed by atoms with Crippen LogP contribution in [0.4, 0.5) is 0 Å². The molecule has 0 fully saturated rings. The number of halogens is 1. The number of likely N-dealkylation sites (N-methyl/N-ethyl adjacent to an activating group) is 1. The van der Waals surface area contributed by atoms with Gasteiger partial charge in [0.05, 0.1) is 17.0 Å². The van der Waals surface area contributed by atoms with Crippen LogP contribution >= 0.6 is 11.6 Å². The molecule has 0 saturated carbocycles. The summed E-state index contributed by atoms with van der Waals surface area (Å²) in [6.07, 6.45) is 2.54. The Kier molecular flexibility index (Phi) is 5.03. The molecular weight excluding hydrogens is 360 g/mol. The highest BCUT2D eigenvalue weighted by Gasteiger charge is 2.22. The zero-order valence-electron chi connectivity index (χ0n) is 14.0. The summed E-state index contributed by atoms with van der Waals surface area (Å²) in [4.78, 5) is 3.36. The summed E-state index contributed by atoms with van der Waals surface area (Å²) in [5, 5.41) is 1.38. The van der Waals surface area contributed by atoms with Crippen LogP contribution in [0.1, 0.15) is 5.56 Å². The third kappa shape index (κ3) is 3.51. The number of hydrogen-bond acceptors (Lipinski definition) is 3. The van der Waals surface area contributed by atoms with Crippen LogP contribution in [0, 0.1) is 0 Å². The summed E-state index contributed by atoms with van der Waals surface area (Å²) in [5.74, 6) is 0.446. The van der Waals surface area contributed by atoms with Gasteiger partial charge in [-0.05, 0) is 36.2 Å². The number of para-hydroxylation sites is 1. The van der Waals surface area contributed by atoms with E-state index in [-0.39, 0.29) is 9.92 Å². The highest BCUT2D eigenvalue weighted by atomic mass is 35.5. The molecule has 0 bridgehead atoms. The Labute approximate surface area is 152 Å². The molecule has 0 spiro atoms. The molecule has 3 rings (SSSR count). The molecule has 3 aromatic rings. The lowest BCUT2D eigenvalue weighted by atomic mass is 10.1. The number of aromatic amines is 1. The van der Waals surface area contributed by atoms with Crippen LogP contribution in [0.5, 0.6) is 5.75 Å². The first-order valence-corrected chi connectivity index (χ1v) is 9.60. The van der Waals surface area contributed by atoms with Gasteiger partial charge in [0, 0.05) is 30.7 Å². The first kappa shape index (κ1) is 17.8.